The third-order valence-electron chi connectivity index (χ3n) is 4.83. The van der Waals surface area contributed by atoms with Crippen molar-refractivity contribution in [1.82, 2.24) is 14.9 Å². The zero-order chi connectivity index (χ0) is 18.7. The highest BCUT2D eigenvalue weighted by atomic mass is 19.4. The van der Waals surface area contributed by atoms with Gasteiger partial charge >= 0.3 is 6.18 Å². The average Bonchev–Trinajstić information content (AvgIpc) is 2.62. The maximum atomic E-state index is 13.1. The normalized spacial score (nSPS) is 15.9. The number of carbonyl (C=O) groups is 1. The van der Waals surface area contributed by atoms with E-state index in [0.717, 1.165) is 30.2 Å². The lowest BCUT2D eigenvalue weighted by molar-refractivity contribution is -0.138. The van der Waals surface area contributed by atoms with Crippen LogP contribution in [0, 0.1) is 6.92 Å². The van der Waals surface area contributed by atoms with Gasteiger partial charge in [-0.25, -0.2) is 9.97 Å². The summed E-state index contributed by atoms with van der Waals surface area (Å²) in [4.78, 5) is 22.5. The fraction of sp³-hybridized carbons (Fsp3) is 0.421. The quantitative estimate of drug-likeness (QED) is 0.834. The molecule has 26 heavy (non-hydrogen) atoms. The maximum Gasteiger partial charge on any atom is 0.416 e. The third kappa shape index (κ3) is 4.03. The number of amides is 1. The lowest BCUT2D eigenvalue weighted by Gasteiger charge is -2.32. The summed E-state index contributed by atoms with van der Waals surface area (Å²) in [5, 5.41) is 0. The van der Waals surface area contributed by atoms with Crippen LogP contribution in [0.25, 0.3) is 0 Å². The largest absolute Gasteiger partial charge is 0.416 e. The van der Waals surface area contributed by atoms with Gasteiger partial charge in [0.05, 0.1) is 12.0 Å². The Balaban J connectivity index is 1.64. The minimum absolute atomic E-state index is 0.0266. The first kappa shape index (κ1) is 18.4. The summed E-state index contributed by atoms with van der Waals surface area (Å²) in [5.74, 6) is -0.0101. The van der Waals surface area contributed by atoms with Gasteiger partial charge in [0.15, 0.2) is 0 Å². The van der Waals surface area contributed by atoms with Gasteiger partial charge in [-0.3, -0.25) is 4.79 Å². The molecule has 0 spiro atoms. The lowest BCUT2D eigenvalue weighted by atomic mass is 9.91. The monoisotopic (exact) mass is 363 g/mol. The summed E-state index contributed by atoms with van der Waals surface area (Å²) in [6.45, 7) is 3.02. The summed E-state index contributed by atoms with van der Waals surface area (Å²) in [5.41, 5.74) is 1.31. The van der Waals surface area contributed by atoms with Crippen LogP contribution in [0.3, 0.4) is 0 Å². The molecule has 1 fully saturated rings. The van der Waals surface area contributed by atoms with Gasteiger partial charge in [0.1, 0.15) is 6.33 Å². The molecule has 0 atom stereocenters. The highest BCUT2D eigenvalue weighted by Gasteiger charge is 2.34. The fourth-order valence-corrected chi connectivity index (χ4v) is 3.46. The van der Waals surface area contributed by atoms with E-state index in [1.165, 1.54) is 24.5 Å². The second-order valence-electron chi connectivity index (χ2n) is 6.58. The molecular weight excluding hydrogens is 343 g/mol. The zero-order valence-corrected chi connectivity index (χ0v) is 14.5. The number of aromatic nitrogens is 2. The fourth-order valence-electron chi connectivity index (χ4n) is 3.46. The third-order valence-corrected chi connectivity index (χ3v) is 4.83. The molecule has 138 valence electrons. The number of piperidine rings is 1. The number of alkyl halides is 3. The van der Waals surface area contributed by atoms with Gasteiger partial charge < -0.3 is 4.90 Å². The van der Waals surface area contributed by atoms with Crippen molar-refractivity contribution in [3.8, 4) is 0 Å². The summed E-state index contributed by atoms with van der Waals surface area (Å²) in [7, 11) is 0. The Labute approximate surface area is 150 Å². The molecule has 0 unspecified atom stereocenters. The Bertz CT molecular complexity index is 784. The van der Waals surface area contributed by atoms with Crippen LogP contribution in [0.5, 0.6) is 0 Å². The first-order valence-corrected chi connectivity index (χ1v) is 8.55. The molecule has 1 aliphatic heterocycles. The van der Waals surface area contributed by atoms with Gasteiger partial charge in [0, 0.05) is 30.9 Å². The summed E-state index contributed by atoms with van der Waals surface area (Å²) in [6, 6.07) is 5.26. The van der Waals surface area contributed by atoms with Crippen LogP contribution < -0.4 is 0 Å². The van der Waals surface area contributed by atoms with E-state index in [-0.39, 0.29) is 23.8 Å². The minimum atomic E-state index is -4.45. The van der Waals surface area contributed by atoms with Gasteiger partial charge in [-0.2, -0.15) is 13.2 Å². The van der Waals surface area contributed by atoms with Crippen molar-refractivity contribution < 1.29 is 18.0 Å². The predicted octanol–water partition coefficient (Wildman–Crippen LogP) is 3.75. The molecule has 0 N–H and O–H groups in total. The van der Waals surface area contributed by atoms with Crippen LogP contribution in [0.4, 0.5) is 13.2 Å². The molecule has 2 aromatic rings. The number of hydrogen-bond acceptors (Lipinski definition) is 3. The van der Waals surface area contributed by atoms with Gasteiger partial charge in [0.2, 0.25) is 5.91 Å². The SMILES string of the molecule is Cc1cncnc1C1CCN(C(=O)Cc2ccccc2C(F)(F)F)CC1. The molecule has 1 aliphatic rings. The molecule has 1 amide bonds. The van der Waals surface area contributed by atoms with Crippen LogP contribution in [-0.4, -0.2) is 33.9 Å². The minimum Gasteiger partial charge on any atom is -0.342 e. The molecule has 1 saturated heterocycles. The van der Waals surface area contributed by atoms with Crippen molar-refractivity contribution in [2.45, 2.75) is 38.3 Å². The highest BCUT2D eigenvalue weighted by molar-refractivity contribution is 5.79. The topological polar surface area (TPSA) is 46.1 Å². The molecule has 0 aliphatic carbocycles. The predicted molar refractivity (Wildman–Crippen MR) is 90.5 cm³/mol. The van der Waals surface area contributed by atoms with E-state index >= 15 is 0 Å². The van der Waals surface area contributed by atoms with E-state index in [1.54, 1.807) is 11.1 Å². The number of nitrogens with zero attached hydrogens (tertiary/aromatic N) is 3. The van der Waals surface area contributed by atoms with Crippen LogP contribution in [0.2, 0.25) is 0 Å². The number of carbonyl (C=O) groups excluding carboxylic acids is 1. The van der Waals surface area contributed by atoms with E-state index in [9.17, 15) is 18.0 Å². The number of hydrogen-bond donors (Lipinski definition) is 0. The van der Waals surface area contributed by atoms with Gasteiger partial charge in [-0.05, 0) is 37.0 Å². The van der Waals surface area contributed by atoms with E-state index in [2.05, 4.69) is 9.97 Å². The first-order chi connectivity index (χ1) is 12.4. The number of benzene rings is 1. The molecule has 1 aromatic carbocycles. The molecule has 4 nitrogen and oxygen atoms in total. The second-order valence-corrected chi connectivity index (χ2v) is 6.58. The lowest BCUT2D eigenvalue weighted by Crippen LogP contribution is -2.39. The molecule has 3 rings (SSSR count). The average molecular weight is 363 g/mol. The Kier molecular flexibility index (Phi) is 5.25. The van der Waals surface area contributed by atoms with Crippen LogP contribution in [0.15, 0.2) is 36.8 Å². The van der Waals surface area contributed by atoms with Crippen molar-refractivity contribution in [3.05, 3.63) is 59.2 Å². The van der Waals surface area contributed by atoms with E-state index in [0.29, 0.717) is 13.1 Å². The molecule has 0 radical (unpaired) electrons. The standard InChI is InChI=1S/C19H20F3N3O/c1-13-11-23-12-24-18(13)14-6-8-25(9-7-14)17(26)10-15-4-2-3-5-16(15)19(20,21)22/h2-5,11-12,14H,6-10H2,1H3. The van der Waals surface area contributed by atoms with Gasteiger partial charge in [-0.15, -0.1) is 0 Å². The van der Waals surface area contributed by atoms with Crippen LogP contribution >= 0.6 is 0 Å². The van der Waals surface area contributed by atoms with Gasteiger partial charge in [0.25, 0.3) is 0 Å². The number of aryl methyl sites for hydroxylation is 1. The molecule has 0 bridgehead atoms. The van der Waals surface area contributed by atoms with Crippen molar-refractivity contribution in [2.24, 2.45) is 0 Å². The number of halogens is 3. The van der Waals surface area contributed by atoms with E-state index < -0.39 is 11.7 Å². The summed E-state index contributed by atoms with van der Waals surface area (Å²) < 4.78 is 39.2. The van der Waals surface area contributed by atoms with E-state index in [4.69, 9.17) is 0 Å². The summed E-state index contributed by atoms with van der Waals surface area (Å²) >= 11 is 0. The Hall–Kier alpha value is -2.44. The first-order valence-electron chi connectivity index (χ1n) is 8.55. The second kappa shape index (κ2) is 7.43. The Morgan fingerprint density at radius 1 is 1.23 bits per heavy atom. The molecule has 1 aromatic heterocycles. The summed E-state index contributed by atoms with van der Waals surface area (Å²) in [6.07, 6.45) is 0.123. The van der Waals surface area contributed by atoms with Crippen molar-refractivity contribution in [3.63, 3.8) is 0 Å². The highest BCUT2D eigenvalue weighted by Crippen LogP contribution is 2.33. The number of likely N-dealkylation sites (tertiary alicyclic amines) is 1. The smallest absolute Gasteiger partial charge is 0.342 e. The number of rotatable bonds is 3. The molecule has 2 heterocycles. The Morgan fingerprint density at radius 2 is 1.92 bits per heavy atom. The Morgan fingerprint density at radius 3 is 2.58 bits per heavy atom. The zero-order valence-electron chi connectivity index (χ0n) is 14.5. The molecule has 0 saturated carbocycles. The molecular formula is C19H20F3N3O. The maximum absolute atomic E-state index is 13.1. The van der Waals surface area contributed by atoms with E-state index in [1.807, 2.05) is 6.92 Å². The van der Waals surface area contributed by atoms with Gasteiger partial charge in [-0.1, -0.05) is 18.2 Å². The van der Waals surface area contributed by atoms with Crippen LogP contribution in [-0.2, 0) is 17.4 Å². The molecule has 7 heteroatoms. The van der Waals surface area contributed by atoms with Crippen molar-refractivity contribution in [1.29, 1.82) is 0 Å². The van der Waals surface area contributed by atoms with Crippen molar-refractivity contribution >= 4 is 5.91 Å². The van der Waals surface area contributed by atoms with Crippen molar-refractivity contribution in [2.75, 3.05) is 13.1 Å². The van der Waals surface area contributed by atoms with Crippen LogP contribution in [0.1, 0.15) is 41.1 Å².